The lowest BCUT2D eigenvalue weighted by Crippen LogP contribution is -2.25. The molecule has 1 aromatic heterocycles. The first-order chi connectivity index (χ1) is 10.5. The van der Waals surface area contributed by atoms with Crippen LogP contribution in [-0.4, -0.2) is 35.5 Å². The number of thiophene rings is 1. The summed E-state index contributed by atoms with van der Waals surface area (Å²) in [4.78, 5) is 26.2. The van der Waals surface area contributed by atoms with Gasteiger partial charge < -0.3 is 14.7 Å². The Balaban J connectivity index is 1.95. The fourth-order valence-electron chi connectivity index (χ4n) is 1.92. The van der Waals surface area contributed by atoms with Crippen LogP contribution in [0, 0.1) is 6.92 Å². The van der Waals surface area contributed by atoms with Crippen LogP contribution in [0.1, 0.15) is 20.1 Å². The first-order valence-electron chi connectivity index (χ1n) is 6.71. The van der Waals surface area contributed by atoms with Crippen LogP contribution in [-0.2, 0) is 11.3 Å². The van der Waals surface area contributed by atoms with Crippen molar-refractivity contribution in [2.24, 2.45) is 0 Å². The van der Waals surface area contributed by atoms with E-state index in [-0.39, 0.29) is 12.5 Å². The normalized spacial score (nSPS) is 10.3. The van der Waals surface area contributed by atoms with Gasteiger partial charge in [0.25, 0.3) is 5.91 Å². The molecular weight excluding hydrogens is 302 g/mol. The number of hydrogen-bond donors (Lipinski definition) is 1. The zero-order valence-electron chi connectivity index (χ0n) is 12.4. The van der Waals surface area contributed by atoms with Crippen molar-refractivity contribution in [1.29, 1.82) is 0 Å². The van der Waals surface area contributed by atoms with Crippen molar-refractivity contribution in [3.8, 4) is 5.75 Å². The predicted octanol–water partition coefficient (Wildman–Crippen LogP) is 2.79. The molecule has 0 aliphatic rings. The number of rotatable bonds is 6. The highest BCUT2D eigenvalue weighted by Crippen LogP contribution is 2.18. The second kappa shape index (κ2) is 7.09. The number of carbonyl (C=O) groups is 2. The van der Waals surface area contributed by atoms with E-state index in [4.69, 9.17) is 9.84 Å². The average Bonchev–Trinajstić information content (AvgIpc) is 2.92. The van der Waals surface area contributed by atoms with Gasteiger partial charge in [0.15, 0.2) is 6.61 Å². The molecule has 1 amide bonds. The van der Waals surface area contributed by atoms with Gasteiger partial charge in [-0.1, -0.05) is 12.1 Å². The summed E-state index contributed by atoms with van der Waals surface area (Å²) in [5, 5.41) is 8.55. The van der Waals surface area contributed by atoms with E-state index < -0.39 is 5.97 Å². The lowest BCUT2D eigenvalue weighted by molar-refractivity contribution is -0.139. The lowest BCUT2D eigenvalue weighted by Gasteiger charge is -2.16. The molecule has 2 rings (SSSR count). The highest BCUT2D eigenvalue weighted by Gasteiger charge is 2.13. The van der Waals surface area contributed by atoms with E-state index in [0.29, 0.717) is 12.3 Å². The number of carboxylic acid groups (broad SMARTS) is 1. The molecular formula is C16H17NO4S. The smallest absolute Gasteiger partial charge is 0.341 e. The second-order valence-electron chi connectivity index (χ2n) is 4.90. The molecule has 0 aliphatic heterocycles. The maximum absolute atomic E-state index is 12.3. The van der Waals surface area contributed by atoms with Crippen molar-refractivity contribution in [2.45, 2.75) is 13.5 Å². The van der Waals surface area contributed by atoms with E-state index in [1.165, 1.54) is 11.3 Å². The Morgan fingerprint density at radius 3 is 2.41 bits per heavy atom. The molecule has 0 spiro atoms. The lowest BCUT2D eigenvalue weighted by atomic mass is 10.2. The van der Waals surface area contributed by atoms with Crippen LogP contribution in [0.4, 0.5) is 0 Å². The van der Waals surface area contributed by atoms with Gasteiger partial charge in [-0.2, -0.15) is 0 Å². The van der Waals surface area contributed by atoms with Crippen molar-refractivity contribution in [1.82, 2.24) is 4.90 Å². The minimum absolute atomic E-state index is 0.00990. The third kappa shape index (κ3) is 4.33. The van der Waals surface area contributed by atoms with E-state index in [2.05, 4.69) is 0 Å². The molecule has 0 fully saturated rings. The van der Waals surface area contributed by atoms with Crippen LogP contribution in [0.15, 0.2) is 36.4 Å². The number of carbonyl (C=O) groups excluding carboxylic acids is 1. The van der Waals surface area contributed by atoms with Gasteiger partial charge in [-0.05, 0) is 36.8 Å². The minimum Gasteiger partial charge on any atom is -0.482 e. The molecule has 0 radical (unpaired) electrons. The summed E-state index contributed by atoms with van der Waals surface area (Å²) in [6.07, 6.45) is 0. The zero-order valence-corrected chi connectivity index (χ0v) is 13.2. The SMILES string of the molecule is Cc1ccc(C(=O)N(C)Cc2ccc(OCC(=O)O)cc2)s1. The second-order valence-corrected chi connectivity index (χ2v) is 6.19. The number of ether oxygens (including phenoxy) is 1. The number of hydrogen-bond acceptors (Lipinski definition) is 4. The van der Waals surface area contributed by atoms with Crippen molar-refractivity contribution < 1.29 is 19.4 Å². The number of nitrogens with zero attached hydrogens (tertiary/aromatic N) is 1. The van der Waals surface area contributed by atoms with Crippen LogP contribution >= 0.6 is 11.3 Å². The Kier molecular flexibility index (Phi) is 5.16. The van der Waals surface area contributed by atoms with Crippen LogP contribution in [0.25, 0.3) is 0 Å². The minimum atomic E-state index is -1.01. The third-order valence-electron chi connectivity index (χ3n) is 3.00. The summed E-state index contributed by atoms with van der Waals surface area (Å²) >= 11 is 1.48. The Labute approximate surface area is 132 Å². The first kappa shape index (κ1) is 16.0. The summed E-state index contributed by atoms with van der Waals surface area (Å²) in [6, 6.07) is 10.8. The van der Waals surface area contributed by atoms with Crippen molar-refractivity contribution in [3.05, 3.63) is 51.7 Å². The maximum atomic E-state index is 12.3. The number of carboxylic acids is 1. The first-order valence-corrected chi connectivity index (χ1v) is 7.53. The molecule has 6 heteroatoms. The summed E-state index contributed by atoms with van der Waals surface area (Å²) in [5.41, 5.74) is 0.951. The molecule has 1 heterocycles. The summed E-state index contributed by atoms with van der Waals surface area (Å²) < 4.78 is 5.07. The van der Waals surface area contributed by atoms with E-state index in [0.717, 1.165) is 15.3 Å². The molecule has 22 heavy (non-hydrogen) atoms. The Bertz CT molecular complexity index is 663. The van der Waals surface area contributed by atoms with Gasteiger partial charge in [0.05, 0.1) is 4.88 Å². The van der Waals surface area contributed by atoms with Gasteiger partial charge in [0.1, 0.15) is 5.75 Å². The Morgan fingerprint density at radius 2 is 1.86 bits per heavy atom. The molecule has 0 atom stereocenters. The molecule has 0 bridgehead atoms. The number of aryl methyl sites for hydroxylation is 1. The molecule has 5 nitrogen and oxygen atoms in total. The fraction of sp³-hybridized carbons (Fsp3) is 0.250. The maximum Gasteiger partial charge on any atom is 0.341 e. The summed E-state index contributed by atoms with van der Waals surface area (Å²) in [6.45, 7) is 2.09. The third-order valence-corrected chi connectivity index (χ3v) is 3.99. The number of benzene rings is 1. The molecule has 116 valence electrons. The fourth-order valence-corrected chi connectivity index (χ4v) is 2.78. The quantitative estimate of drug-likeness (QED) is 0.889. The number of aliphatic carboxylic acids is 1. The largest absolute Gasteiger partial charge is 0.482 e. The summed E-state index contributed by atoms with van der Waals surface area (Å²) in [7, 11) is 1.76. The molecule has 0 unspecified atom stereocenters. The average molecular weight is 319 g/mol. The standard InChI is InChI=1S/C16H17NO4S/c1-11-3-8-14(22-11)16(20)17(2)9-12-4-6-13(7-5-12)21-10-15(18)19/h3-8H,9-10H2,1-2H3,(H,18,19). The highest BCUT2D eigenvalue weighted by atomic mass is 32.1. The Morgan fingerprint density at radius 1 is 1.18 bits per heavy atom. The van der Waals surface area contributed by atoms with E-state index in [1.807, 2.05) is 31.2 Å². The van der Waals surface area contributed by atoms with E-state index in [1.54, 1.807) is 24.1 Å². The van der Waals surface area contributed by atoms with Gasteiger partial charge in [-0.3, -0.25) is 4.79 Å². The highest BCUT2D eigenvalue weighted by molar-refractivity contribution is 7.13. The van der Waals surface area contributed by atoms with Gasteiger partial charge in [0, 0.05) is 18.5 Å². The van der Waals surface area contributed by atoms with Crippen molar-refractivity contribution in [2.75, 3.05) is 13.7 Å². The molecule has 1 aromatic carbocycles. The zero-order chi connectivity index (χ0) is 16.1. The summed E-state index contributed by atoms with van der Waals surface area (Å²) in [5.74, 6) is -0.529. The van der Waals surface area contributed by atoms with Crippen LogP contribution < -0.4 is 4.74 Å². The molecule has 0 saturated carbocycles. The molecule has 0 aliphatic carbocycles. The predicted molar refractivity (Wildman–Crippen MR) is 84.4 cm³/mol. The van der Waals surface area contributed by atoms with Gasteiger partial charge in [-0.15, -0.1) is 11.3 Å². The molecule has 2 aromatic rings. The topological polar surface area (TPSA) is 66.8 Å². The Hall–Kier alpha value is -2.34. The number of amides is 1. The van der Waals surface area contributed by atoms with E-state index in [9.17, 15) is 9.59 Å². The van der Waals surface area contributed by atoms with Crippen molar-refractivity contribution in [3.63, 3.8) is 0 Å². The van der Waals surface area contributed by atoms with Crippen LogP contribution in [0.2, 0.25) is 0 Å². The van der Waals surface area contributed by atoms with E-state index >= 15 is 0 Å². The van der Waals surface area contributed by atoms with Crippen molar-refractivity contribution >= 4 is 23.2 Å². The monoisotopic (exact) mass is 319 g/mol. The van der Waals surface area contributed by atoms with Gasteiger partial charge >= 0.3 is 5.97 Å². The molecule has 0 saturated heterocycles. The van der Waals surface area contributed by atoms with Gasteiger partial charge in [-0.25, -0.2) is 4.79 Å². The van der Waals surface area contributed by atoms with Crippen LogP contribution in [0.5, 0.6) is 5.75 Å². The molecule has 1 N–H and O–H groups in total. The van der Waals surface area contributed by atoms with Crippen LogP contribution in [0.3, 0.4) is 0 Å². The van der Waals surface area contributed by atoms with Gasteiger partial charge in [0.2, 0.25) is 0 Å².